The number of hydrogen-bond donors (Lipinski definition) is 5. The van der Waals surface area contributed by atoms with Gasteiger partial charge in [-0.1, -0.05) is 25.3 Å². The maximum Gasteiger partial charge on any atom is 2.00 e. The molecule has 0 fully saturated rings. The van der Waals surface area contributed by atoms with E-state index in [9.17, 15) is 29.4 Å². The minimum absolute atomic E-state index is 0. The number of carbonyl (C=O) groups is 4. The van der Waals surface area contributed by atoms with Gasteiger partial charge in [0.25, 0.3) is 11.8 Å². The van der Waals surface area contributed by atoms with Crippen LogP contribution in [0.4, 0.5) is 0 Å². The van der Waals surface area contributed by atoms with Crippen LogP contribution in [0.25, 0.3) is 6.08 Å². The Hall–Kier alpha value is -4.22. The average Bonchev–Trinajstić information content (AvgIpc) is 3.59. The summed E-state index contributed by atoms with van der Waals surface area (Å²) in [6, 6.07) is -0.398. The Morgan fingerprint density at radius 1 is 0.864 bits per heavy atom. The minimum atomic E-state index is -0.923. The summed E-state index contributed by atoms with van der Waals surface area (Å²) in [5, 5.41) is 24.6. The van der Waals surface area contributed by atoms with Crippen LogP contribution in [0.15, 0.2) is 81.2 Å². The van der Waals surface area contributed by atoms with Crippen molar-refractivity contribution >= 4 is 58.6 Å². The summed E-state index contributed by atoms with van der Waals surface area (Å²) in [5.74, 6) is -2.29. The maximum absolute atomic E-state index is 12.3. The molecular formula is C33H38MgN4O6. The van der Waals surface area contributed by atoms with E-state index in [2.05, 4.69) is 28.8 Å². The number of hydrogen-bond acceptors (Lipinski definition) is 5. The number of aromatic amines is 1. The van der Waals surface area contributed by atoms with Crippen LogP contribution in [0.2, 0.25) is 0 Å². The van der Waals surface area contributed by atoms with Gasteiger partial charge in [-0.25, -0.2) is 0 Å². The third kappa shape index (κ3) is 6.94. The van der Waals surface area contributed by atoms with Crippen molar-refractivity contribution in [2.24, 2.45) is 4.99 Å². The van der Waals surface area contributed by atoms with Crippen molar-refractivity contribution in [3.8, 4) is 0 Å². The van der Waals surface area contributed by atoms with E-state index in [-0.39, 0.29) is 57.0 Å². The number of amides is 2. The molecule has 3 aliphatic heterocycles. The van der Waals surface area contributed by atoms with Gasteiger partial charge in [-0.3, -0.25) is 24.2 Å². The van der Waals surface area contributed by atoms with Crippen molar-refractivity contribution in [1.82, 2.24) is 15.6 Å². The molecule has 228 valence electrons. The molecule has 3 aliphatic rings. The standard InChI is InChI=1S/C33H36N4O6.Mg.2H/c1-7-20-19(6)32(42)37-27(20)14-25-18(5)23(10-12-31(40)41)29(35-25)15-28-22(9-11-30(38)39)17(4)24(34-28)13-26-16(3)21(8-2)33(43)36-26;;;/h7-8,13-14,28,35H,1-2,9-12,15H2,3-6H3,(H,36,43)(H,37,42)(H,38,39)(H,40,41);;;/q;+2;2*-1. The zero-order valence-corrected chi connectivity index (χ0v) is 26.9. The Balaban J connectivity index is 0.00000353. The predicted octanol–water partition coefficient (Wildman–Crippen LogP) is 4.22. The first kappa shape index (κ1) is 34.3. The first-order valence-electron chi connectivity index (χ1n) is 14.0. The second-order valence-electron chi connectivity index (χ2n) is 10.8. The van der Waals surface area contributed by atoms with Gasteiger partial charge in [-0.2, -0.15) is 0 Å². The third-order valence-corrected chi connectivity index (χ3v) is 8.23. The van der Waals surface area contributed by atoms with Crippen LogP contribution < -0.4 is 10.6 Å². The number of rotatable bonds is 12. The summed E-state index contributed by atoms with van der Waals surface area (Å²) in [5.41, 5.74) is 9.29. The Morgan fingerprint density at radius 2 is 1.48 bits per heavy atom. The fraction of sp³-hybridized carbons (Fsp3) is 0.303. The first-order valence-corrected chi connectivity index (χ1v) is 14.0. The summed E-state index contributed by atoms with van der Waals surface area (Å²) >= 11 is 0. The van der Waals surface area contributed by atoms with Gasteiger partial charge in [0.1, 0.15) is 0 Å². The molecule has 0 radical (unpaired) electrons. The molecule has 4 rings (SSSR count). The number of carboxylic acids is 2. The van der Waals surface area contributed by atoms with Crippen molar-refractivity contribution in [2.45, 2.75) is 65.8 Å². The summed E-state index contributed by atoms with van der Waals surface area (Å²) in [6.07, 6.45) is 7.58. The number of aliphatic carboxylic acids is 2. The average molecular weight is 611 g/mol. The number of nitrogens with zero attached hydrogens (tertiary/aromatic N) is 1. The molecule has 0 saturated carbocycles. The van der Waals surface area contributed by atoms with Gasteiger partial charge in [-0.05, 0) is 80.5 Å². The molecule has 1 unspecified atom stereocenters. The number of H-pyrrole nitrogens is 1. The van der Waals surface area contributed by atoms with Crippen LogP contribution in [0.5, 0.6) is 0 Å². The van der Waals surface area contributed by atoms with Gasteiger partial charge < -0.3 is 28.7 Å². The number of nitrogens with one attached hydrogen (secondary N) is 3. The molecule has 1 atom stereocenters. The fourth-order valence-corrected chi connectivity index (χ4v) is 5.72. The van der Waals surface area contributed by atoms with E-state index in [4.69, 9.17) is 4.99 Å². The molecule has 4 heterocycles. The van der Waals surface area contributed by atoms with E-state index < -0.39 is 18.0 Å². The second-order valence-corrected chi connectivity index (χ2v) is 10.8. The third-order valence-electron chi connectivity index (χ3n) is 8.23. The van der Waals surface area contributed by atoms with Gasteiger partial charge in [0.05, 0.1) is 17.5 Å². The Morgan fingerprint density at radius 3 is 2.07 bits per heavy atom. The van der Waals surface area contributed by atoms with Crippen LogP contribution in [-0.4, -0.2) is 73.8 Å². The number of aliphatic imine (C=N–C) groups is 1. The molecule has 0 saturated heterocycles. The van der Waals surface area contributed by atoms with E-state index in [0.717, 1.165) is 39.2 Å². The second kappa shape index (κ2) is 14.0. The first-order chi connectivity index (χ1) is 20.4. The van der Waals surface area contributed by atoms with Crippen LogP contribution in [0.3, 0.4) is 0 Å². The number of aromatic nitrogens is 1. The van der Waals surface area contributed by atoms with Crippen molar-refractivity contribution in [3.63, 3.8) is 0 Å². The minimum Gasteiger partial charge on any atom is -1.00 e. The van der Waals surface area contributed by atoms with E-state index in [0.29, 0.717) is 46.7 Å². The zero-order chi connectivity index (χ0) is 31.6. The van der Waals surface area contributed by atoms with Crippen molar-refractivity contribution in [1.29, 1.82) is 0 Å². The van der Waals surface area contributed by atoms with E-state index in [1.807, 2.05) is 26.8 Å². The summed E-state index contributed by atoms with van der Waals surface area (Å²) in [6.45, 7) is 14.9. The Bertz CT molecular complexity index is 1680. The van der Waals surface area contributed by atoms with Crippen LogP contribution in [-0.2, 0) is 32.0 Å². The van der Waals surface area contributed by atoms with Gasteiger partial charge >= 0.3 is 35.0 Å². The molecule has 1 aromatic rings. The molecule has 0 bridgehead atoms. The largest absolute Gasteiger partial charge is 2.00 e. The van der Waals surface area contributed by atoms with Crippen molar-refractivity contribution < 1.29 is 32.2 Å². The molecule has 0 aromatic carbocycles. The quantitative estimate of drug-likeness (QED) is 0.223. The van der Waals surface area contributed by atoms with Gasteiger partial charge in [-0.15, -0.1) is 0 Å². The number of carboxylic acid groups (broad SMARTS) is 2. The molecule has 10 nitrogen and oxygen atoms in total. The molecule has 0 spiro atoms. The molecule has 2 amide bonds. The SMILES string of the molecule is C=CC1=C(C)C(=CC2=NC(Cc3[nH]c(C=C4NC(=O)C(C)=C4C=C)c(C)c3CCC(=O)O)C(CCC(=O)O)=C2C)NC1=O.[H-].[H-].[Mg+2]. The molecule has 5 N–H and O–H groups in total. The fourth-order valence-electron chi connectivity index (χ4n) is 5.72. The van der Waals surface area contributed by atoms with Crippen molar-refractivity contribution in [2.75, 3.05) is 0 Å². The molecule has 0 aliphatic carbocycles. The Labute approximate surface area is 275 Å². The van der Waals surface area contributed by atoms with Crippen LogP contribution >= 0.6 is 0 Å². The van der Waals surface area contributed by atoms with E-state index >= 15 is 0 Å². The normalized spacial score (nSPS) is 19.9. The smallest absolute Gasteiger partial charge is 1.00 e. The van der Waals surface area contributed by atoms with Crippen LogP contribution in [0, 0.1) is 6.92 Å². The number of carbonyl (C=O) groups excluding carboxylic acids is 2. The maximum atomic E-state index is 12.3. The summed E-state index contributed by atoms with van der Waals surface area (Å²) in [7, 11) is 0. The summed E-state index contributed by atoms with van der Waals surface area (Å²) < 4.78 is 0. The van der Waals surface area contributed by atoms with Crippen molar-refractivity contribution in [3.05, 3.63) is 98.7 Å². The zero-order valence-electron chi connectivity index (χ0n) is 27.5. The molecule has 1 aromatic heterocycles. The molecular weight excluding hydrogens is 573 g/mol. The van der Waals surface area contributed by atoms with E-state index in [1.165, 1.54) is 6.08 Å². The monoisotopic (exact) mass is 610 g/mol. The molecule has 11 heteroatoms. The topological polar surface area (TPSA) is 161 Å². The van der Waals surface area contributed by atoms with Gasteiger partial charge in [0.15, 0.2) is 0 Å². The molecule has 44 heavy (non-hydrogen) atoms. The summed E-state index contributed by atoms with van der Waals surface area (Å²) in [4.78, 5) is 56.0. The van der Waals surface area contributed by atoms with E-state index in [1.54, 1.807) is 19.1 Å². The number of allylic oxidation sites excluding steroid dienone is 4. The predicted molar refractivity (Wildman–Crippen MR) is 172 cm³/mol. The Kier molecular flexibility index (Phi) is 10.9. The van der Waals surface area contributed by atoms with Gasteiger partial charge in [0, 0.05) is 53.1 Å². The van der Waals surface area contributed by atoms with Gasteiger partial charge in [0.2, 0.25) is 0 Å². The van der Waals surface area contributed by atoms with Crippen LogP contribution in [0.1, 0.15) is 65.4 Å².